The molecule has 0 fully saturated rings. The van der Waals surface area contributed by atoms with Gasteiger partial charge in [-0.25, -0.2) is 4.39 Å². The zero-order chi connectivity index (χ0) is 18.2. The average Bonchev–Trinajstić information content (AvgIpc) is 2.69. The fourth-order valence-electron chi connectivity index (χ4n) is 3.04. The van der Waals surface area contributed by atoms with Gasteiger partial charge in [0.2, 0.25) is 0 Å². The summed E-state index contributed by atoms with van der Waals surface area (Å²) in [6.45, 7) is 0. The van der Waals surface area contributed by atoms with E-state index in [2.05, 4.69) is 11.1 Å². The summed E-state index contributed by atoms with van der Waals surface area (Å²) in [6, 6.07) is 22.5. The second-order valence-electron chi connectivity index (χ2n) is 6.26. The third kappa shape index (κ3) is 4.23. The number of allylic oxidation sites excluding steroid dienone is 1. The average molecular weight is 342 g/mol. The lowest BCUT2D eigenvalue weighted by molar-refractivity contribution is 0.543. The van der Waals surface area contributed by atoms with Crippen LogP contribution in [0.3, 0.4) is 0 Å². The van der Waals surface area contributed by atoms with Crippen molar-refractivity contribution in [3.05, 3.63) is 108 Å². The van der Waals surface area contributed by atoms with E-state index < -0.39 is 5.41 Å². The fraction of sp³-hybridized carbons (Fsp3) is 0.130. The Hall–Kier alpha value is -3.25. The van der Waals surface area contributed by atoms with Crippen LogP contribution in [0.2, 0.25) is 0 Å². The molecule has 1 aromatic heterocycles. The molecular weight excluding hydrogens is 323 g/mol. The minimum atomic E-state index is -0.851. The second-order valence-corrected chi connectivity index (χ2v) is 6.26. The minimum Gasteiger partial charge on any atom is -0.264 e. The lowest BCUT2D eigenvalue weighted by atomic mass is 9.74. The van der Waals surface area contributed by atoms with Crippen LogP contribution in [-0.2, 0) is 11.8 Å². The monoisotopic (exact) mass is 342 g/mol. The van der Waals surface area contributed by atoms with E-state index in [1.165, 1.54) is 12.1 Å². The molecule has 0 radical (unpaired) electrons. The van der Waals surface area contributed by atoms with Crippen LogP contribution in [0.15, 0.2) is 85.2 Å². The lowest BCUT2D eigenvalue weighted by Gasteiger charge is -2.26. The number of hydrogen-bond acceptors (Lipinski definition) is 2. The van der Waals surface area contributed by atoms with Gasteiger partial charge in [-0.15, -0.1) is 0 Å². The highest BCUT2D eigenvalue weighted by Gasteiger charge is 2.32. The van der Waals surface area contributed by atoms with E-state index in [0.717, 1.165) is 11.1 Å². The molecule has 1 heterocycles. The largest absolute Gasteiger partial charge is 0.264 e. The molecule has 0 aliphatic rings. The first-order valence-electron chi connectivity index (χ1n) is 8.50. The Morgan fingerprint density at radius 1 is 1.04 bits per heavy atom. The highest BCUT2D eigenvalue weighted by Crippen LogP contribution is 2.33. The van der Waals surface area contributed by atoms with Crippen molar-refractivity contribution >= 4 is 6.08 Å². The number of hydrogen-bond donors (Lipinski definition) is 0. The van der Waals surface area contributed by atoms with Gasteiger partial charge in [0.15, 0.2) is 0 Å². The van der Waals surface area contributed by atoms with Gasteiger partial charge in [-0.2, -0.15) is 5.26 Å². The number of pyridine rings is 1. The highest BCUT2D eigenvalue weighted by atomic mass is 19.1. The van der Waals surface area contributed by atoms with Gasteiger partial charge >= 0.3 is 0 Å². The molecule has 26 heavy (non-hydrogen) atoms. The normalized spacial score (nSPS) is 13.2. The Labute approximate surface area is 153 Å². The van der Waals surface area contributed by atoms with Crippen molar-refractivity contribution in [1.82, 2.24) is 4.98 Å². The van der Waals surface area contributed by atoms with Gasteiger partial charge in [0, 0.05) is 12.4 Å². The SMILES string of the molecule is N#CC(C/C=C/c1ccccc1)(Cc1cccnc1)c1cccc(F)c1. The number of rotatable bonds is 6. The van der Waals surface area contributed by atoms with E-state index in [4.69, 9.17) is 0 Å². The van der Waals surface area contributed by atoms with Crippen LogP contribution in [-0.4, -0.2) is 4.98 Å². The first-order chi connectivity index (χ1) is 12.7. The van der Waals surface area contributed by atoms with Crippen molar-refractivity contribution in [1.29, 1.82) is 5.26 Å². The van der Waals surface area contributed by atoms with Gasteiger partial charge in [0.1, 0.15) is 5.82 Å². The summed E-state index contributed by atoms with van der Waals surface area (Å²) in [7, 11) is 0. The first kappa shape index (κ1) is 17.6. The summed E-state index contributed by atoms with van der Waals surface area (Å²) >= 11 is 0. The maximum atomic E-state index is 13.8. The Balaban J connectivity index is 1.94. The van der Waals surface area contributed by atoms with Crippen molar-refractivity contribution in [2.24, 2.45) is 0 Å². The predicted molar refractivity (Wildman–Crippen MR) is 102 cm³/mol. The topological polar surface area (TPSA) is 36.7 Å². The van der Waals surface area contributed by atoms with Crippen LogP contribution >= 0.6 is 0 Å². The summed E-state index contributed by atoms with van der Waals surface area (Å²) in [5, 5.41) is 10.1. The van der Waals surface area contributed by atoms with E-state index in [9.17, 15) is 9.65 Å². The summed E-state index contributed by atoms with van der Waals surface area (Å²) in [5.41, 5.74) is 1.85. The lowest BCUT2D eigenvalue weighted by Crippen LogP contribution is -2.27. The molecule has 1 unspecified atom stereocenters. The highest BCUT2D eigenvalue weighted by molar-refractivity contribution is 5.50. The minimum absolute atomic E-state index is 0.333. The molecule has 3 aromatic rings. The maximum absolute atomic E-state index is 13.8. The predicted octanol–water partition coefficient (Wildman–Crippen LogP) is 5.33. The van der Waals surface area contributed by atoms with Crippen LogP contribution in [0, 0.1) is 17.1 Å². The number of nitriles is 1. The summed E-state index contributed by atoms with van der Waals surface area (Å²) in [5.74, 6) is -0.333. The summed E-state index contributed by atoms with van der Waals surface area (Å²) < 4.78 is 13.8. The quantitative estimate of drug-likeness (QED) is 0.607. The van der Waals surface area contributed by atoms with Gasteiger partial charge in [-0.1, -0.05) is 60.7 Å². The molecule has 128 valence electrons. The second kappa shape index (κ2) is 8.22. The molecule has 0 spiro atoms. The third-order valence-electron chi connectivity index (χ3n) is 4.40. The van der Waals surface area contributed by atoms with E-state index in [1.54, 1.807) is 18.5 Å². The van der Waals surface area contributed by atoms with Gasteiger partial charge in [0.25, 0.3) is 0 Å². The molecule has 0 aliphatic carbocycles. The van der Waals surface area contributed by atoms with E-state index in [1.807, 2.05) is 60.7 Å². The van der Waals surface area contributed by atoms with Crippen LogP contribution in [0.25, 0.3) is 6.08 Å². The van der Waals surface area contributed by atoms with Crippen LogP contribution in [0.1, 0.15) is 23.1 Å². The fourth-order valence-corrected chi connectivity index (χ4v) is 3.04. The molecule has 2 aromatic carbocycles. The molecule has 3 rings (SSSR count). The molecule has 3 heteroatoms. The molecule has 0 aliphatic heterocycles. The van der Waals surface area contributed by atoms with Gasteiger partial charge in [0.05, 0.1) is 11.5 Å². The maximum Gasteiger partial charge on any atom is 0.123 e. The number of nitrogens with zero attached hydrogens (tertiary/aromatic N) is 2. The molecule has 0 saturated carbocycles. The third-order valence-corrected chi connectivity index (χ3v) is 4.40. The van der Waals surface area contributed by atoms with Gasteiger partial charge in [-0.05, 0) is 47.7 Å². The number of halogens is 1. The molecule has 1 atom stereocenters. The molecule has 0 bridgehead atoms. The number of benzene rings is 2. The van der Waals surface area contributed by atoms with Gasteiger partial charge < -0.3 is 0 Å². The van der Waals surface area contributed by atoms with Crippen LogP contribution in [0.4, 0.5) is 4.39 Å². The Morgan fingerprint density at radius 3 is 2.58 bits per heavy atom. The Morgan fingerprint density at radius 2 is 1.88 bits per heavy atom. The Bertz CT molecular complexity index is 914. The van der Waals surface area contributed by atoms with E-state index in [0.29, 0.717) is 18.4 Å². The first-order valence-corrected chi connectivity index (χ1v) is 8.50. The van der Waals surface area contributed by atoms with Crippen molar-refractivity contribution in [2.75, 3.05) is 0 Å². The molecular formula is C23H19FN2. The van der Waals surface area contributed by atoms with Gasteiger partial charge in [-0.3, -0.25) is 4.98 Å². The molecule has 0 saturated heterocycles. The van der Waals surface area contributed by atoms with Crippen molar-refractivity contribution in [2.45, 2.75) is 18.3 Å². The van der Waals surface area contributed by atoms with Crippen molar-refractivity contribution in [3.8, 4) is 6.07 Å². The smallest absolute Gasteiger partial charge is 0.123 e. The molecule has 0 amide bonds. The summed E-state index contributed by atoms with van der Waals surface area (Å²) in [4.78, 5) is 4.14. The number of aromatic nitrogens is 1. The van der Waals surface area contributed by atoms with Crippen molar-refractivity contribution < 1.29 is 4.39 Å². The molecule has 2 nitrogen and oxygen atoms in total. The zero-order valence-corrected chi connectivity index (χ0v) is 14.3. The van der Waals surface area contributed by atoms with Crippen LogP contribution < -0.4 is 0 Å². The van der Waals surface area contributed by atoms with E-state index >= 15 is 0 Å². The zero-order valence-electron chi connectivity index (χ0n) is 14.3. The van der Waals surface area contributed by atoms with E-state index in [-0.39, 0.29) is 5.82 Å². The Kier molecular flexibility index (Phi) is 5.56. The van der Waals surface area contributed by atoms with Crippen molar-refractivity contribution in [3.63, 3.8) is 0 Å². The summed E-state index contributed by atoms with van der Waals surface area (Å²) in [6.07, 6.45) is 8.40. The standard InChI is InChI=1S/C23H19FN2/c24-22-12-4-11-21(15-22)23(18-25,16-20-10-6-14-26-17-20)13-5-9-19-7-2-1-3-8-19/h1-12,14-15,17H,13,16H2/b9-5+. The van der Waals surface area contributed by atoms with Crippen LogP contribution in [0.5, 0.6) is 0 Å². The molecule has 0 N–H and O–H groups in total.